The van der Waals surface area contributed by atoms with Crippen LogP contribution in [-0.4, -0.2) is 62.0 Å². The van der Waals surface area contributed by atoms with Crippen LogP contribution in [0.15, 0.2) is 0 Å². The molecule has 0 spiro atoms. The summed E-state index contributed by atoms with van der Waals surface area (Å²) >= 11 is 0. The van der Waals surface area contributed by atoms with Crippen molar-refractivity contribution in [1.29, 1.82) is 0 Å². The zero-order chi connectivity index (χ0) is 13.7. The SMILES string of the molecule is CCCC1(C(=O)N(C)CCN2CCCC2)CCNC1. The number of hydrogen-bond donors (Lipinski definition) is 1. The molecule has 0 aromatic carbocycles. The summed E-state index contributed by atoms with van der Waals surface area (Å²) in [5, 5.41) is 3.37. The van der Waals surface area contributed by atoms with Crippen LogP contribution in [0.2, 0.25) is 0 Å². The number of nitrogens with zero attached hydrogens (tertiary/aromatic N) is 2. The van der Waals surface area contributed by atoms with Gasteiger partial charge in [-0.15, -0.1) is 0 Å². The Hall–Kier alpha value is -0.610. The van der Waals surface area contributed by atoms with Crippen LogP contribution in [0.25, 0.3) is 0 Å². The van der Waals surface area contributed by atoms with Crippen molar-refractivity contribution in [2.24, 2.45) is 5.41 Å². The predicted octanol–water partition coefficient (Wildman–Crippen LogP) is 1.32. The van der Waals surface area contributed by atoms with E-state index in [0.29, 0.717) is 5.91 Å². The van der Waals surface area contributed by atoms with Crippen LogP contribution >= 0.6 is 0 Å². The van der Waals surface area contributed by atoms with Crippen molar-refractivity contribution in [1.82, 2.24) is 15.1 Å². The smallest absolute Gasteiger partial charge is 0.229 e. The Morgan fingerprint density at radius 3 is 2.68 bits per heavy atom. The number of amides is 1. The normalized spacial score (nSPS) is 27.9. The summed E-state index contributed by atoms with van der Waals surface area (Å²) < 4.78 is 0. The van der Waals surface area contributed by atoms with E-state index in [4.69, 9.17) is 0 Å². The van der Waals surface area contributed by atoms with Crippen LogP contribution in [-0.2, 0) is 4.79 Å². The van der Waals surface area contributed by atoms with Crippen LogP contribution in [0.1, 0.15) is 39.0 Å². The fourth-order valence-corrected chi connectivity index (χ4v) is 3.53. The largest absolute Gasteiger partial charge is 0.344 e. The molecule has 2 aliphatic rings. The molecule has 2 saturated heterocycles. The third kappa shape index (κ3) is 3.48. The van der Waals surface area contributed by atoms with E-state index in [0.717, 1.165) is 45.4 Å². The molecule has 4 heteroatoms. The summed E-state index contributed by atoms with van der Waals surface area (Å²) in [5.74, 6) is 0.360. The van der Waals surface area contributed by atoms with Crippen molar-refractivity contribution < 1.29 is 4.79 Å². The van der Waals surface area contributed by atoms with Crippen molar-refractivity contribution in [3.05, 3.63) is 0 Å². The van der Waals surface area contributed by atoms with E-state index in [1.54, 1.807) is 0 Å². The topological polar surface area (TPSA) is 35.6 Å². The minimum atomic E-state index is -0.117. The number of likely N-dealkylation sites (N-methyl/N-ethyl adjacent to an activating group) is 1. The highest BCUT2D eigenvalue weighted by Gasteiger charge is 2.41. The highest BCUT2D eigenvalue weighted by molar-refractivity contribution is 5.83. The summed E-state index contributed by atoms with van der Waals surface area (Å²) in [6, 6.07) is 0. The van der Waals surface area contributed by atoms with Crippen LogP contribution in [0, 0.1) is 5.41 Å². The van der Waals surface area contributed by atoms with Gasteiger partial charge < -0.3 is 15.1 Å². The molecule has 19 heavy (non-hydrogen) atoms. The molecule has 2 aliphatic heterocycles. The molecule has 0 radical (unpaired) electrons. The van der Waals surface area contributed by atoms with Gasteiger partial charge in [0.15, 0.2) is 0 Å². The Morgan fingerprint density at radius 1 is 1.37 bits per heavy atom. The predicted molar refractivity (Wildman–Crippen MR) is 78.1 cm³/mol. The van der Waals surface area contributed by atoms with E-state index in [-0.39, 0.29) is 5.41 Å². The van der Waals surface area contributed by atoms with Crippen LogP contribution in [0.5, 0.6) is 0 Å². The number of hydrogen-bond acceptors (Lipinski definition) is 3. The third-order valence-electron chi connectivity index (χ3n) is 4.72. The molecule has 0 saturated carbocycles. The number of rotatable bonds is 6. The molecule has 1 N–H and O–H groups in total. The van der Waals surface area contributed by atoms with E-state index in [1.165, 1.54) is 25.9 Å². The van der Waals surface area contributed by atoms with Gasteiger partial charge in [0.2, 0.25) is 5.91 Å². The second-order valence-corrected chi connectivity index (χ2v) is 6.23. The highest BCUT2D eigenvalue weighted by atomic mass is 16.2. The van der Waals surface area contributed by atoms with Gasteiger partial charge in [-0.05, 0) is 45.3 Å². The summed E-state index contributed by atoms with van der Waals surface area (Å²) in [6.45, 7) is 8.38. The molecule has 0 aromatic heterocycles. The number of carbonyl (C=O) groups excluding carboxylic acids is 1. The Morgan fingerprint density at radius 2 is 2.11 bits per heavy atom. The molecule has 1 atom stereocenters. The molecule has 2 heterocycles. The maximum absolute atomic E-state index is 12.7. The van der Waals surface area contributed by atoms with Crippen LogP contribution in [0.4, 0.5) is 0 Å². The second kappa shape index (κ2) is 6.71. The maximum Gasteiger partial charge on any atom is 0.229 e. The van der Waals surface area contributed by atoms with Crippen molar-refractivity contribution in [3.63, 3.8) is 0 Å². The Balaban J connectivity index is 1.85. The summed E-state index contributed by atoms with van der Waals surface area (Å²) in [5.41, 5.74) is -0.117. The van der Waals surface area contributed by atoms with Crippen molar-refractivity contribution >= 4 is 5.91 Å². The number of nitrogens with one attached hydrogen (secondary N) is 1. The van der Waals surface area contributed by atoms with E-state index < -0.39 is 0 Å². The molecule has 0 bridgehead atoms. The molecular formula is C15H29N3O. The molecule has 0 aliphatic carbocycles. The average molecular weight is 267 g/mol. The van der Waals surface area contributed by atoms with E-state index in [1.807, 2.05) is 11.9 Å². The minimum Gasteiger partial charge on any atom is -0.344 e. The zero-order valence-electron chi connectivity index (χ0n) is 12.6. The number of likely N-dealkylation sites (tertiary alicyclic amines) is 1. The quantitative estimate of drug-likeness (QED) is 0.788. The lowest BCUT2D eigenvalue weighted by Gasteiger charge is -2.32. The van der Waals surface area contributed by atoms with Crippen LogP contribution in [0.3, 0.4) is 0 Å². The van der Waals surface area contributed by atoms with Gasteiger partial charge in [0.05, 0.1) is 5.41 Å². The fourth-order valence-electron chi connectivity index (χ4n) is 3.53. The van der Waals surface area contributed by atoms with Gasteiger partial charge in [-0.3, -0.25) is 4.79 Å². The minimum absolute atomic E-state index is 0.117. The van der Waals surface area contributed by atoms with Gasteiger partial charge in [-0.25, -0.2) is 0 Å². The third-order valence-corrected chi connectivity index (χ3v) is 4.72. The van der Waals surface area contributed by atoms with Gasteiger partial charge in [0.1, 0.15) is 0 Å². The Labute approximate surface area is 117 Å². The van der Waals surface area contributed by atoms with Gasteiger partial charge in [0.25, 0.3) is 0 Å². The van der Waals surface area contributed by atoms with Gasteiger partial charge in [-0.1, -0.05) is 13.3 Å². The van der Waals surface area contributed by atoms with Crippen molar-refractivity contribution in [2.75, 3.05) is 46.3 Å². The van der Waals surface area contributed by atoms with E-state index >= 15 is 0 Å². The van der Waals surface area contributed by atoms with Crippen molar-refractivity contribution in [2.45, 2.75) is 39.0 Å². The molecule has 1 amide bonds. The molecular weight excluding hydrogens is 238 g/mol. The zero-order valence-corrected chi connectivity index (χ0v) is 12.6. The molecule has 4 nitrogen and oxygen atoms in total. The highest BCUT2D eigenvalue weighted by Crippen LogP contribution is 2.33. The lowest BCUT2D eigenvalue weighted by Crippen LogP contribution is -2.45. The first kappa shape index (κ1) is 14.8. The lowest BCUT2D eigenvalue weighted by atomic mass is 9.81. The molecule has 1 unspecified atom stereocenters. The summed E-state index contributed by atoms with van der Waals surface area (Å²) in [6.07, 6.45) is 5.76. The molecule has 110 valence electrons. The maximum atomic E-state index is 12.7. The molecule has 0 aromatic rings. The first-order chi connectivity index (χ1) is 9.18. The first-order valence-corrected chi connectivity index (χ1v) is 7.86. The fraction of sp³-hybridized carbons (Fsp3) is 0.933. The van der Waals surface area contributed by atoms with Gasteiger partial charge in [-0.2, -0.15) is 0 Å². The lowest BCUT2D eigenvalue weighted by molar-refractivity contribution is -0.140. The monoisotopic (exact) mass is 267 g/mol. The second-order valence-electron chi connectivity index (χ2n) is 6.23. The number of carbonyl (C=O) groups is 1. The van der Waals surface area contributed by atoms with Crippen LogP contribution < -0.4 is 5.32 Å². The summed E-state index contributed by atoms with van der Waals surface area (Å²) in [7, 11) is 1.98. The Kier molecular flexibility index (Phi) is 5.22. The average Bonchev–Trinajstić information content (AvgIpc) is 3.07. The first-order valence-electron chi connectivity index (χ1n) is 7.86. The molecule has 2 fully saturated rings. The molecule has 2 rings (SSSR count). The van der Waals surface area contributed by atoms with Gasteiger partial charge >= 0.3 is 0 Å². The Bertz CT molecular complexity index is 294. The van der Waals surface area contributed by atoms with E-state index in [2.05, 4.69) is 17.1 Å². The van der Waals surface area contributed by atoms with E-state index in [9.17, 15) is 4.79 Å². The van der Waals surface area contributed by atoms with Gasteiger partial charge in [0, 0.05) is 26.7 Å². The van der Waals surface area contributed by atoms with Crippen molar-refractivity contribution in [3.8, 4) is 0 Å². The standard InChI is InChI=1S/C15H29N3O/c1-3-6-15(7-8-16-13-15)14(19)17(2)11-12-18-9-4-5-10-18/h16H,3-13H2,1-2H3. The summed E-state index contributed by atoms with van der Waals surface area (Å²) in [4.78, 5) is 17.2.